The lowest BCUT2D eigenvalue weighted by Crippen LogP contribution is -2.52. The number of halogens is 1. The number of aromatic amines is 1. The molecule has 24 heavy (non-hydrogen) atoms. The van der Waals surface area contributed by atoms with Crippen molar-refractivity contribution in [1.82, 2.24) is 20.4 Å². The molecule has 1 aromatic heterocycles. The molecule has 2 heterocycles. The lowest BCUT2D eigenvalue weighted by Gasteiger charge is -2.37. The predicted octanol–water partition coefficient (Wildman–Crippen LogP) is 1.84. The number of benzene rings is 1. The molecule has 0 unspecified atom stereocenters. The van der Waals surface area contributed by atoms with Gasteiger partial charge in [0.25, 0.3) is 0 Å². The molecule has 128 valence electrons. The fourth-order valence-corrected chi connectivity index (χ4v) is 2.83. The molecule has 2 aromatic rings. The van der Waals surface area contributed by atoms with Crippen molar-refractivity contribution in [3.05, 3.63) is 48.0 Å². The van der Waals surface area contributed by atoms with E-state index >= 15 is 0 Å². The van der Waals surface area contributed by atoms with E-state index in [-0.39, 0.29) is 5.82 Å². The first-order valence-electron chi connectivity index (χ1n) is 8.29. The molecule has 1 aliphatic heterocycles. The van der Waals surface area contributed by atoms with Gasteiger partial charge in [0.2, 0.25) is 0 Å². The normalized spacial score (nSPS) is 15.7. The Morgan fingerprint density at radius 1 is 1.25 bits per heavy atom. The van der Waals surface area contributed by atoms with Crippen molar-refractivity contribution in [2.45, 2.75) is 13.5 Å². The maximum absolute atomic E-state index is 13.9. The summed E-state index contributed by atoms with van der Waals surface area (Å²) in [5.74, 6) is 0.728. The molecule has 1 aliphatic rings. The van der Waals surface area contributed by atoms with Gasteiger partial charge in [-0.2, -0.15) is 5.10 Å². The average Bonchev–Trinajstić information content (AvgIpc) is 3.13. The van der Waals surface area contributed by atoms with Crippen molar-refractivity contribution in [3.63, 3.8) is 0 Å². The minimum absolute atomic E-state index is 0.161. The van der Waals surface area contributed by atoms with Crippen LogP contribution in [0.1, 0.15) is 12.6 Å². The molecule has 1 fully saturated rings. The van der Waals surface area contributed by atoms with Crippen LogP contribution in [0.15, 0.2) is 41.5 Å². The van der Waals surface area contributed by atoms with E-state index in [0.29, 0.717) is 12.2 Å². The lowest BCUT2D eigenvalue weighted by molar-refractivity contribution is 0.370. The molecular weight excluding hydrogens is 307 g/mol. The number of H-pyrrole nitrogens is 1. The highest BCUT2D eigenvalue weighted by Crippen LogP contribution is 2.20. The zero-order valence-corrected chi connectivity index (χ0v) is 13.9. The summed E-state index contributed by atoms with van der Waals surface area (Å²) in [5, 5.41) is 10.2. The van der Waals surface area contributed by atoms with Gasteiger partial charge in [-0.15, -0.1) is 0 Å². The molecule has 0 saturated carbocycles. The van der Waals surface area contributed by atoms with Crippen molar-refractivity contribution in [2.24, 2.45) is 4.99 Å². The van der Waals surface area contributed by atoms with Crippen molar-refractivity contribution < 1.29 is 4.39 Å². The molecule has 1 saturated heterocycles. The third-order valence-electron chi connectivity index (χ3n) is 4.06. The first-order chi connectivity index (χ1) is 11.8. The van der Waals surface area contributed by atoms with Gasteiger partial charge >= 0.3 is 0 Å². The van der Waals surface area contributed by atoms with Crippen molar-refractivity contribution in [3.8, 4) is 0 Å². The Kier molecular flexibility index (Phi) is 5.30. The van der Waals surface area contributed by atoms with Crippen LogP contribution in [-0.4, -0.2) is 53.8 Å². The minimum atomic E-state index is -0.161. The lowest BCUT2D eigenvalue weighted by atomic mass is 10.2. The minimum Gasteiger partial charge on any atom is -0.366 e. The third kappa shape index (κ3) is 3.84. The number of anilines is 1. The zero-order chi connectivity index (χ0) is 16.8. The summed E-state index contributed by atoms with van der Waals surface area (Å²) in [6.45, 7) is 6.60. The quantitative estimate of drug-likeness (QED) is 0.663. The maximum Gasteiger partial charge on any atom is 0.194 e. The second-order valence-corrected chi connectivity index (χ2v) is 5.68. The van der Waals surface area contributed by atoms with E-state index in [4.69, 9.17) is 0 Å². The number of nitrogens with one attached hydrogen (secondary N) is 2. The summed E-state index contributed by atoms with van der Waals surface area (Å²) >= 11 is 0. The van der Waals surface area contributed by atoms with Crippen LogP contribution in [0.4, 0.5) is 10.1 Å². The van der Waals surface area contributed by atoms with E-state index < -0.39 is 0 Å². The van der Waals surface area contributed by atoms with Crippen LogP contribution in [0.2, 0.25) is 0 Å². The number of piperazine rings is 1. The molecular formula is C17H23FN6. The van der Waals surface area contributed by atoms with Crippen LogP contribution in [-0.2, 0) is 6.54 Å². The number of aliphatic imine (C=N–C) groups is 1. The molecule has 0 aliphatic carbocycles. The van der Waals surface area contributed by atoms with Crippen LogP contribution in [0.3, 0.4) is 0 Å². The third-order valence-corrected chi connectivity index (χ3v) is 4.06. The second kappa shape index (κ2) is 7.81. The largest absolute Gasteiger partial charge is 0.366 e. The van der Waals surface area contributed by atoms with Gasteiger partial charge in [-0.25, -0.2) is 9.38 Å². The molecule has 6 nitrogen and oxygen atoms in total. The topological polar surface area (TPSA) is 59.6 Å². The SMILES string of the molecule is CCNC(=NCc1ccn[nH]1)N1CCN(c2ccccc2F)CC1. The Bertz CT molecular complexity index is 661. The summed E-state index contributed by atoms with van der Waals surface area (Å²) in [7, 11) is 0. The summed E-state index contributed by atoms with van der Waals surface area (Å²) in [4.78, 5) is 8.97. The van der Waals surface area contributed by atoms with Crippen molar-refractivity contribution in [1.29, 1.82) is 0 Å². The molecule has 0 spiro atoms. The van der Waals surface area contributed by atoms with E-state index in [1.54, 1.807) is 12.3 Å². The Hall–Kier alpha value is -2.57. The van der Waals surface area contributed by atoms with Crippen LogP contribution in [0.25, 0.3) is 0 Å². The molecule has 1 aromatic carbocycles. The summed E-state index contributed by atoms with van der Waals surface area (Å²) in [6.07, 6.45) is 1.73. The summed E-state index contributed by atoms with van der Waals surface area (Å²) in [5.41, 5.74) is 1.66. The monoisotopic (exact) mass is 330 g/mol. The number of rotatable bonds is 4. The number of hydrogen-bond donors (Lipinski definition) is 2. The van der Waals surface area contributed by atoms with Crippen LogP contribution in [0.5, 0.6) is 0 Å². The molecule has 3 rings (SSSR count). The summed E-state index contributed by atoms with van der Waals surface area (Å²) in [6, 6.07) is 8.87. The van der Waals surface area contributed by atoms with Gasteiger partial charge in [0.1, 0.15) is 5.82 Å². The van der Waals surface area contributed by atoms with E-state index in [1.807, 2.05) is 18.2 Å². The smallest absolute Gasteiger partial charge is 0.194 e. The number of guanidine groups is 1. The number of hydrogen-bond acceptors (Lipinski definition) is 3. The Morgan fingerprint density at radius 3 is 2.71 bits per heavy atom. The van der Waals surface area contributed by atoms with Crippen LogP contribution >= 0.6 is 0 Å². The van der Waals surface area contributed by atoms with Gasteiger partial charge in [-0.1, -0.05) is 12.1 Å². The van der Waals surface area contributed by atoms with Gasteiger partial charge in [0.15, 0.2) is 5.96 Å². The van der Waals surface area contributed by atoms with E-state index in [1.165, 1.54) is 6.07 Å². The second-order valence-electron chi connectivity index (χ2n) is 5.68. The molecule has 7 heteroatoms. The van der Waals surface area contributed by atoms with Crippen LogP contribution in [0, 0.1) is 5.82 Å². The van der Waals surface area contributed by atoms with Crippen LogP contribution < -0.4 is 10.2 Å². The predicted molar refractivity (Wildman–Crippen MR) is 93.6 cm³/mol. The summed E-state index contributed by atoms with van der Waals surface area (Å²) < 4.78 is 13.9. The number of aromatic nitrogens is 2. The first kappa shape index (κ1) is 16.3. The highest BCUT2D eigenvalue weighted by atomic mass is 19.1. The molecule has 0 atom stereocenters. The standard InChI is InChI=1S/C17H23FN6/c1-2-19-17(20-13-14-7-8-21-22-14)24-11-9-23(10-12-24)16-6-4-3-5-15(16)18/h3-8H,2,9-13H2,1H3,(H,19,20)(H,21,22). The fourth-order valence-electron chi connectivity index (χ4n) is 2.83. The highest BCUT2D eigenvalue weighted by molar-refractivity contribution is 5.80. The van der Waals surface area contributed by atoms with E-state index in [0.717, 1.165) is 44.4 Å². The molecule has 0 amide bonds. The molecule has 0 bridgehead atoms. The molecule has 2 N–H and O–H groups in total. The Morgan fingerprint density at radius 2 is 2.04 bits per heavy atom. The van der Waals surface area contributed by atoms with Crippen molar-refractivity contribution in [2.75, 3.05) is 37.6 Å². The Balaban J connectivity index is 1.63. The fraction of sp³-hybridized carbons (Fsp3) is 0.412. The van der Waals surface area contributed by atoms with Gasteiger partial charge < -0.3 is 15.1 Å². The first-order valence-corrected chi connectivity index (χ1v) is 8.29. The number of nitrogens with zero attached hydrogens (tertiary/aromatic N) is 4. The van der Waals surface area contributed by atoms with Gasteiger partial charge in [0, 0.05) is 38.9 Å². The van der Waals surface area contributed by atoms with Gasteiger partial charge in [-0.05, 0) is 25.1 Å². The van der Waals surface area contributed by atoms with Crippen molar-refractivity contribution >= 4 is 11.6 Å². The average molecular weight is 330 g/mol. The van der Waals surface area contributed by atoms with E-state index in [9.17, 15) is 4.39 Å². The van der Waals surface area contributed by atoms with Gasteiger partial charge in [-0.3, -0.25) is 5.10 Å². The highest BCUT2D eigenvalue weighted by Gasteiger charge is 2.21. The maximum atomic E-state index is 13.9. The number of para-hydroxylation sites is 1. The Labute approximate surface area is 141 Å². The van der Waals surface area contributed by atoms with Gasteiger partial charge in [0.05, 0.1) is 17.9 Å². The van der Waals surface area contributed by atoms with E-state index in [2.05, 4.69) is 37.2 Å². The molecule has 0 radical (unpaired) electrons. The zero-order valence-electron chi connectivity index (χ0n) is 13.9.